The smallest absolute Gasteiger partial charge is 0.0258 e. The van der Waals surface area contributed by atoms with E-state index in [-0.39, 0.29) is 0 Å². The molecule has 1 rings (SSSR count). The topological polar surface area (TPSA) is 0 Å². The molecule has 0 radical (unpaired) electrons. The Morgan fingerprint density at radius 2 is 2.00 bits per heavy atom. The van der Waals surface area contributed by atoms with Gasteiger partial charge in [0, 0.05) is 5.88 Å². The largest absolute Gasteiger partial charge is 0.126 e. The van der Waals surface area contributed by atoms with Crippen LogP contribution in [0.2, 0.25) is 0 Å². The van der Waals surface area contributed by atoms with E-state index >= 15 is 0 Å². The van der Waals surface area contributed by atoms with Crippen LogP contribution >= 0.6 is 11.6 Å². The second-order valence-electron chi connectivity index (χ2n) is 3.76. The van der Waals surface area contributed by atoms with Gasteiger partial charge in [0.15, 0.2) is 0 Å². The predicted octanol–water partition coefficient (Wildman–Crippen LogP) is 4.14. The van der Waals surface area contributed by atoms with Gasteiger partial charge in [-0.15, -0.1) is 11.6 Å². The van der Waals surface area contributed by atoms with Gasteiger partial charge >= 0.3 is 0 Å². The van der Waals surface area contributed by atoms with Crippen LogP contribution in [0.5, 0.6) is 0 Å². The first-order chi connectivity index (χ1) is 5.84. The Hall–Kier alpha value is 0.0300. The van der Waals surface area contributed by atoms with Gasteiger partial charge < -0.3 is 0 Å². The Kier molecular flexibility index (Phi) is 4.75. The third-order valence-electron chi connectivity index (χ3n) is 2.82. The average Bonchev–Trinajstić information content (AvgIpc) is 2.15. The molecule has 0 unspecified atom stereocenters. The first kappa shape index (κ1) is 10.1. The standard InChI is InChI=1S/C11H19Cl/c1-10(6-5-9-12)11-7-3-2-4-8-11/h6,11H,2-5,7-9H2,1H3. The van der Waals surface area contributed by atoms with Crippen molar-refractivity contribution in [1.29, 1.82) is 0 Å². The summed E-state index contributed by atoms with van der Waals surface area (Å²) in [5.74, 6) is 1.64. The predicted molar refractivity (Wildman–Crippen MR) is 55.7 cm³/mol. The first-order valence-corrected chi connectivity index (χ1v) is 5.60. The molecule has 0 atom stereocenters. The molecule has 70 valence electrons. The normalized spacial score (nSPS) is 21.3. The summed E-state index contributed by atoms with van der Waals surface area (Å²) in [4.78, 5) is 0. The van der Waals surface area contributed by atoms with E-state index in [4.69, 9.17) is 11.6 Å². The maximum Gasteiger partial charge on any atom is 0.0258 e. The Morgan fingerprint density at radius 1 is 1.33 bits per heavy atom. The van der Waals surface area contributed by atoms with Crippen LogP contribution in [-0.2, 0) is 0 Å². The van der Waals surface area contributed by atoms with Gasteiger partial charge in [0.05, 0.1) is 0 Å². The molecule has 12 heavy (non-hydrogen) atoms. The molecule has 1 aliphatic rings. The van der Waals surface area contributed by atoms with Gasteiger partial charge in [-0.25, -0.2) is 0 Å². The van der Waals surface area contributed by atoms with Crippen LogP contribution in [0.15, 0.2) is 11.6 Å². The molecule has 1 aliphatic carbocycles. The Balaban J connectivity index is 2.33. The third kappa shape index (κ3) is 3.18. The van der Waals surface area contributed by atoms with Crippen LogP contribution < -0.4 is 0 Å². The number of hydrogen-bond donors (Lipinski definition) is 0. The molecule has 0 bridgehead atoms. The van der Waals surface area contributed by atoms with Crippen molar-refractivity contribution in [1.82, 2.24) is 0 Å². The van der Waals surface area contributed by atoms with Gasteiger partial charge in [-0.1, -0.05) is 30.9 Å². The highest BCUT2D eigenvalue weighted by Crippen LogP contribution is 2.29. The van der Waals surface area contributed by atoms with E-state index in [1.165, 1.54) is 32.1 Å². The minimum absolute atomic E-state index is 0.768. The lowest BCUT2D eigenvalue weighted by molar-refractivity contribution is 0.402. The zero-order valence-electron chi connectivity index (χ0n) is 7.98. The number of hydrogen-bond acceptors (Lipinski definition) is 0. The van der Waals surface area contributed by atoms with E-state index in [1.54, 1.807) is 5.57 Å². The maximum atomic E-state index is 5.64. The van der Waals surface area contributed by atoms with Crippen LogP contribution in [-0.4, -0.2) is 5.88 Å². The highest BCUT2D eigenvalue weighted by atomic mass is 35.5. The highest BCUT2D eigenvalue weighted by molar-refractivity contribution is 6.17. The summed E-state index contributed by atoms with van der Waals surface area (Å²) in [5.41, 5.74) is 1.58. The van der Waals surface area contributed by atoms with Crippen molar-refractivity contribution in [2.45, 2.75) is 45.4 Å². The molecule has 0 aromatic rings. The SMILES string of the molecule is CC(=CCCCl)C1CCCCC1. The number of alkyl halides is 1. The molecule has 0 amide bonds. The molecule has 0 aromatic heterocycles. The van der Waals surface area contributed by atoms with Gasteiger partial charge in [-0.2, -0.15) is 0 Å². The van der Waals surface area contributed by atoms with Crippen molar-refractivity contribution in [3.63, 3.8) is 0 Å². The summed E-state index contributed by atoms with van der Waals surface area (Å²) >= 11 is 5.64. The molecular weight excluding hydrogens is 168 g/mol. The molecule has 0 N–H and O–H groups in total. The lowest BCUT2D eigenvalue weighted by Crippen LogP contribution is -2.07. The summed E-state index contributed by atoms with van der Waals surface area (Å²) in [5, 5.41) is 0. The number of allylic oxidation sites excluding steroid dienone is 2. The zero-order valence-corrected chi connectivity index (χ0v) is 8.74. The monoisotopic (exact) mass is 186 g/mol. The molecule has 0 nitrogen and oxygen atoms in total. The molecule has 0 saturated heterocycles. The molecule has 1 heteroatoms. The van der Waals surface area contributed by atoms with Crippen LogP contribution in [0.3, 0.4) is 0 Å². The Bertz CT molecular complexity index is 143. The molecule has 1 fully saturated rings. The van der Waals surface area contributed by atoms with Crippen LogP contribution in [0.1, 0.15) is 45.4 Å². The van der Waals surface area contributed by atoms with E-state index in [2.05, 4.69) is 13.0 Å². The fourth-order valence-corrected chi connectivity index (χ4v) is 2.12. The number of halogens is 1. The zero-order chi connectivity index (χ0) is 8.81. The van der Waals surface area contributed by atoms with Gasteiger partial charge in [-0.05, 0) is 32.1 Å². The summed E-state index contributed by atoms with van der Waals surface area (Å²) in [6.07, 6.45) is 10.5. The van der Waals surface area contributed by atoms with E-state index in [1.807, 2.05) is 0 Å². The summed E-state index contributed by atoms with van der Waals surface area (Å²) in [6, 6.07) is 0. The molecule has 0 heterocycles. The van der Waals surface area contributed by atoms with Crippen molar-refractivity contribution in [3.05, 3.63) is 11.6 Å². The average molecular weight is 187 g/mol. The van der Waals surface area contributed by atoms with E-state index < -0.39 is 0 Å². The molecule has 1 saturated carbocycles. The lowest BCUT2D eigenvalue weighted by atomic mass is 9.84. The van der Waals surface area contributed by atoms with Crippen molar-refractivity contribution >= 4 is 11.6 Å². The first-order valence-electron chi connectivity index (χ1n) is 5.07. The van der Waals surface area contributed by atoms with Gasteiger partial charge in [0.25, 0.3) is 0 Å². The minimum atomic E-state index is 0.768. The molecule has 0 aromatic carbocycles. The van der Waals surface area contributed by atoms with Crippen molar-refractivity contribution in [2.24, 2.45) is 5.92 Å². The fourth-order valence-electron chi connectivity index (χ4n) is 2.01. The highest BCUT2D eigenvalue weighted by Gasteiger charge is 2.13. The summed E-state index contributed by atoms with van der Waals surface area (Å²) in [7, 11) is 0. The van der Waals surface area contributed by atoms with Crippen molar-refractivity contribution in [3.8, 4) is 0 Å². The van der Waals surface area contributed by atoms with Crippen molar-refractivity contribution in [2.75, 3.05) is 5.88 Å². The minimum Gasteiger partial charge on any atom is -0.126 e. The van der Waals surface area contributed by atoms with Gasteiger partial charge in [-0.3, -0.25) is 0 Å². The second kappa shape index (κ2) is 5.64. The van der Waals surface area contributed by atoms with Crippen LogP contribution in [0.4, 0.5) is 0 Å². The van der Waals surface area contributed by atoms with Crippen molar-refractivity contribution < 1.29 is 0 Å². The third-order valence-corrected chi connectivity index (χ3v) is 3.04. The summed E-state index contributed by atoms with van der Waals surface area (Å²) < 4.78 is 0. The summed E-state index contributed by atoms with van der Waals surface area (Å²) in [6.45, 7) is 2.27. The molecular formula is C11H19Cl. The quantitative estimate of drug-likeness (QED) is 0.459. The fraction of sp³-hybridized carbons (Fsp3) is 0.818. The van der Waals surface area contributed by atoms with E-state index in [0.29, 0.717) is 0 Å². The van der Waals surface area contributed by atoms with Gasteiger partial charge in [0.1, 0.15) is 0 Å². The Labute approximate surface area is 81.0 Å². The maximum absolute atomic E-state index is 5.64. The van der Waals surface area contributed by atoms with E-state index in [0.717, 1.165) is 18.2 Å². The lowest BCUT2D eigenvalue weighted by Gasteiger charge is -2.22. The molecule has 0 aliphatic heterocycles. The van der Waals surface area contributed by atoms with E-state index in [9.17, 15) is 0 Å². The van der Waals surface area contributed by atoms with Gasteiger partial charge in [0.2, 0.25) is 0 Å². The van der Waals surface area contributed by atoms with Crippen LogP contribution in [0.25, 0.3) is 0 Å². The second-order valence-corrected chi connectivity index (χ2v) is 4.14. The Morgan fingerprint density at radius 3 is 2.58 bits per heavy atom. The van der Waals surface area contributed by atoms with Crippen LogP contribution in [0, 0.1) is 5.92 Å². The molecule has 0 spiro atoms. The number of rotatable bonds is 3.